The number of sulfonamides is 1. The van der Waals surface area contributed by atoms with Gasteiger partial charge < -0.3 is 10.1 Å². The average molecular weight is 403 g/mol. The molecule has 0 aliphatic rings. The Morgan fingerprint density at radius 2 is 1.81 bits per heavy atom. The molecule has 0 radical (unpaired) electrons. The number of nitrogens with one attached hydrogen (secondary N) is 2. The van der Waals surface area contributed by atoms with E-state index in [9.17, 15) is 8.42 Å². The smallest absolute Gasteiger partial charge is 0.263 e. The van der Waals surface area contributed by atoms with Crippen LogP contribution in [0.5, 0.6) is 0 Å². The summed E-state index contributed by atoms with van der Waals surface area (Å²) in [5, 5.41) is 3.14. The Balaban J connectivity index is 1.73. The third-order valence-electron chi connectivity index (χ3n) is 3.54. The summed E-state index contributed by atoms with van der Waals surface area (Å²) >= 11 is 5.05. The zero-order chi connectivity index (χ0) is 19.3. The lowest BCUT2D eigenvalue weighted by molar-refractivity contribution is 0.312. The number of anilines is 2. The van der Waals surface area contributed by atoms with E-state index in [-0.39, 0.29) is 15.9 Å². The van der Waals surface area contributed by atoms with Crippen LogP contribution >= 0.6 is 12.2 Å². The predicted octanol–water partition coefficient (Wildman–Crippen LogP) is 3.55. The van der Waals surface area contributed by atoms with Crippen molar-refractivity contribution < 1.29 is 13.2 Å². The molecular weight excluding hydrogens is 384 g/mol. The standard InChI is InChI=1S/C18H18N4O3S2/c1-2-11-25-18(26)20-13-7-9-14(10-8-13)27(23,24)22-17-12-19-15-5-3-4-6-16(15)21-17/h3-10,12H,2,11H2,1H3,(H,20,26)(H,21,22). The number of benzene rings is 2. The Morgan fingerprint density at radius 1 is 1.11 bits per heavy atom. The van der Waals surface area contributed by atoms with Crippen molar-refractivity contribution >= 4 is 50.0 Å². The van der Waals surface area contributed by atoms with E-state index < -0.39 is 10.0 Å². The fourth-order valence-corrected chi connectivity index (χ4v) is 3.46. The predicted molar refractivity (Wildman–Crippen MR) is 109 cm³/mol. The zero-order valence-electron chi connectivity index (χ0n) is 14.5. The lowest BCUT2D eigenvalue weighted by atomic mass is 10.3. The Kier molecular flexibility index (Phi) is 5.82. The summed E-state index contributed by atoms with van der Waals surface area (Å²) in [4.78, 5) is 8.58. The maximum Gasteiger partial charge on any atom is 0.263 e. The summed E-state index contributed by atoms with van der Waals surface area (Å²) in [6.45, 7) is 2.50. The van der Waals surface area contributed by atoms with Crippen molar-refractivity contribution in [3.63, 3.8) is 0 Å². The lowest BCUT2D eigenvalue weighted by Crippen LogP contribution is -2.15. The van der Waals surface area contributed by atoms with E-state index in [1.165, 1.54) is 18.3 Å². The quantitative estimate of drug-likeness (QED) is 0.609. The molecule has 0 atom stereocenters. The van der Waals surface area contributed by atoms with E-state index in [0.29, 0.717) is 23.3 Å². The minimum Gasteiger partial charge on any atom is -0.471 e. The lowest BCUT2D eigenvalue weighted by Gasteiger charge is -2.10. The van der Waals surface area contributed by atoms with Crippen molar-refractivity contribution in [1.29, 1.82) is 0 Å². The highest BCUT2D eigenvalue weighted by atomic mass is 32.2. The van der Waals surface area contributed by atoms with Crippen LogP contribution < -0.4 is 10.0 Å². The average Bonchev–Trinajstić information content (AvgIpc) is 2.66. The van der Waals surface area contributed by atoms with Gasteiger partial charge in [0.2, 0.25) is 0 Å². The summed E-state index contributed by atoms with van der Waals surface area (Å²) in [5.74, 6) is 0.157. The number of nitrogens with zero attached hydrogens (tertiary/aromatic N) is 2. The first-order chi connectivity index (χ1) is 13.0. The van der Waals surface area contributed by atoms with Crippen LogP contribution in [-0.2, 0) is 14.8 Å². The summed E-state index contributed by atoms with van der Waals surface area (Å²) < 4.78 is 32.8. The molecule has 0 spiro atoms. The molecule has 0 amide bonds. The molecule has 0 bridgehead atoms. The number of thiocarbonyl (C=S) groups is 1. The molecule has 0 aliphatic heterocycles. The van der Waals surface area contributed by atoms with Gasteiger partial charge in [0.1, 0.15) is 0 Å². The number of hydrogen-bond acceptors (Lipinski definition) is 6. The summed E-state index contributed by atoms with van der Waals surface area (Å²) in [6, 6.07) is 13.4. The van der Waals surface area contributed by atoms with E-state index in [1.807, 2.05) is 19.1 Å². The highest BCUT2D eigenvalue weighted by Gasteiger charge is 2.15. The monoisotopic (exact) mass is 402 g/mol. The summed E-state index contributed by atoms with van der Waals surface area (Å²) in [7, 11) is -3.79. The van der Waals surface area contributed by atoms with Crippen molar-refractivity contribution in [2.75, 3.05) is 16.6 Å². The van der Waals surface area contributed by atoms with Crippen molar-refractivity contribution in [1.82, 2.24) is 9.97 Å². The number of ether oxygens (including phenoxy) is 1. The fourth-order valence-electron chi connectivity index (χ4n) is 2.27. The van der Waals surface area contributed by atoms with E-state index in [2.05, 4.69) is 20.0 Å². The first-order valence-corrected chi connectivity index (χ1v) is 10.2. The molecule has 1 heterocycles. The van der Waals surface area contributed by atoms with E-state index in [1.54, 1.807) is 24.3 Å². The van der Waals surface area contributed by atoms with Crippen LogP contribution in [0.1, 0.15) is 13.3 Å². The molecule has 3 aromatic rings. The van der Waals surface area contributed by atoms with E-state index in [0.717, 1.165) is 6.42 Å². The number of rotatable bonds is 6. The molecule has 0 unspecified atom stereocenters. The SMILES string of the molecule is CCCOC(=S)Nc1ccc(S(=O)(=O)Nc2cnc3ccccc3n2)cc1. The number of hydrogen-bond donors (Lipinski definition) is 2. The first kappa shape index (κ1) is 19.0. The number of aromatic nitrogens is 2. The molecule has 0 fully saturated rings. The Hall–Kier alpha value is -2.78. The molecule has 140 valence electrons. The maximum absolute atomic E-state index is 12.6. The molecule has 0 saturated heterocycles. The van der Waals surface area contributed by atoms with Gasteiger partial charge in [0.25, 0.3) is 15.2 Å². The molecule has 2 N–H and O–H groups in total. The van der Waals surface area contributed by atoms with Crippen molar-refractivity contribution in [3.8, 4) is 0 Å². The zero-order valence-corrected chi connectivity index (χ0v) is 16.2. The Bertz CT molecular complexity index is 1050. The van der Waals surface area contributed by atoms with Crippen LogP contribution in [0.4, 0.5) is 11.5 Å². The minimum atomic E-state index is -3.79. The topological polar surface area (TPSA) is 93.2 Å². The van der Waals surface area contributed by atoms with Gasteiger partial charge in [-0.25, -0.2) is 13.4 Å². The van der Waals surface area contributed by atoms with Crippen LogP contribution in [-0.4, -0.2) is 30.2 Å². The second kappa shape index (κ2) is 8.28. The Morgan fingerprint density at radius 3 is 2.52 bits per heavy atom. The second-order valence-electron chi connectivity index (χ2n) is 5.63. The van der Waals surface area contributed by atoms with Crippen LogP contribution in [0, 0.1) is 0 Å². The van der Waals surface area contributed by atoms with Gasteiger partial charge in [-0.15, -0.1) is 0 Å². The molecule has 9 heteroatoms. The van der Waals surface area contributed by atoms with Crippen LogP contribution in [0.15, 0.2) is 59.6 Å². The highest BCUT2D eigenvalue weighted by Crippen LogP contribution is 2.18. The maximum atomic E-state index is 12.6. The van der Waals surface area contributed by atoms with Crippen LogP contribution in [0.2, 0.25) is 0 Å². The molecule has 27 heavy (non-hydrogen) atoms. The van der Waals surface area contributed by atoms with Crippen LogP contribution in [0.3, 0.4) is 0 Å². The largest absolute Gasteiger partial charge is 0.471 e. The van der Waals surface area contributed by atoms with Gasteiger partial charge in [-0.3, -0.25) is 9.71 Å². The number of fused-ring (bicyclic) bond motifs is 1. The van der Waals surface area contributed by atoms with Gasteiger partial charge >= 0.3 is 0 Å². The first-order valence-electron chi connectivity index (χ1n) is 8.26. The molecule has 7 nitrogen and oxygen atoms in total. The highest BCUT2D eigenvalue weighted by molar-refractivity contribution is 7.92. The molecule has 2 aromatic carbocycles. The molecule has 0 saturated carbocycles. The van der Waals surface area contributed by atoms with Gasteiger partial charge in [-0.05, 0) is 55.0 Å². The van der Waals surface area contributed by atoms with E-state index >= 15 is 0 Å². The third kappa shape index (κ3) is 4.89. The molecular formula is C18H18N4O3S2. The normalized spacial score (nSPS) is 11.1. The fraction of sp³-hybridized carbons (Fsp3) is 0.167. The van der Waals surface area contributed by atoms with Crippen molar-refractivity contribution in [3.05, 3.63) is 54.7 Å². The van der Waals surface area contributed by atoms with Gasteiger partial charge in [0.15, 0.2) is 5.82 Å². The minimum absolute atomic E-state index is 0.100. The second-order valence-corrected chi connectivity index (χ2v) is 7.69. The van der Waals surface area contributed by atoms with Crippen molar-refractivity contribution in [2.45, 2.75) is 18.2 Å². The molecule has 0 aliphatic carbocycles. The van der Waals surface area contributed by atoms with Crippen molar-refractivity contribution in [2.24, 2.45) is 0 Å². The van der Waals surface area contributed by atoms with Gasteiger partial charge in [-0.2, -0.15) is 0 Å². The molecule has 1 aromatic heterocycles. The Labute approximate surface area is 162 Å². The van der Waals surface area contributed by atoms with Gasteiger partial charge in [0.05, 0.1) is 28.7 Å². The van der Waals surface area contributed by atoms with Crippen LogP contribution in [0.25, 0.3) is 11.0 Å². The third-order valence-corrected chi connectivity index (χ3v) is 5.13. The van der Waals surface area contributed by atoms with E-state index in [4.69, 9.17) is 17.0 Å². The van der Waals surface area contributed by atoms with Gasteiger partial charge in [-0.1, -0.05) is 19.1 Å². The molecule has 3 rings (SSSR count). The number of para-hydroxylation sites is 2. The summed E-state index contributed by atoms with van der Waals surface area (Å²) in [6.07, 6.45) is 2.24. The van der Waals surface area contributed by atoms with Gasteiger partial charge in [0, 0.05) is 5.69 Å². The summed E-state index contributed by atoms with van der Waals surface area (Å²) in [5.41, 5.74) is 1.94.